The smallest absolute Gasteiger partial charge is 0.207 e. The second-order valence-corrected chi connectivity index (χ2v) is 11.6. The minimum absolute atomic E-state index is 0.0918. The first-order valence-corrected chi connectivity index (χ1v) is 14.2. The summed E-state index contributed by atoms with van der Waals surface area (Å²) >= 11 is 6.25. The molecule has 3 aromatic carbocycles. The van der Waals surface area contributed by atoms with E-state index in [9.17, 15) is 13.2 Å². The Morgan fingerprint density at radius 2 is 1.73 bits per heavy atom. The van der Waals surface area contributed by atoms with Gasteiger partial charge in [-0.2, -0.15) is 0 Å². The van der Waals surface area contributed by atoms with Gasteiger partial charge in [0, 0.05) is 35.0 Å². The molecule has 1 unspecified atom stereocenters. The SMILES string of the molecule is CCC(C)NC=O.Cc1ccc(C)c(-c2ccc(=C(/N)c3cc(Cl)c(S(C)(=O)=O)cc3C)/c(=C\N)c2)c1. The number of carbonyl (C=O) groups is 1. The Bertz CT molecular complexity index is 1520. The molecule has 3 rings (SSSR count). The van der Waals surface area contributed by atoms with Gasteiger partial charge in [-0.05, 0) is 79.8 Å². The summed E-state index contributed by atoms with van der Waals surface area (Å²) in [6, 6.07) is 15.8. The highest BCUT2D eigenvalue weighted by Crippen LogP contribution is 2.27. The standard InChI is InChI=1S/C24H25ClN2O2S.C5H11NO/c1-14-5-6-15(2)20(9-14)17-7-8-19(18(11-17)13-26)24(27)21-12-22(25)23(10-16(21)3)30(4,28)29;1-3-5(2)6-4-7/h5-13H,26-27H2,1-4H3;4-5H,3H2,1-2H3,(H,6,7)/b18-13-,24-19-;. The molecule has 3 aromatic rings. The van der Waals surface area contributed by atoms with Crippen molar-refractivity contribution in [1.82, 2.24) is 5.32 Å². The Hall–Kier alpha value is -3.29. The summed E-state index contributed by atoms with van der Waals surface area (Å²) < 4.78 is 23.9. The molecule has 1 atom stereocenters. The average molecular weight is 542 g/mol. The predicted molar refractivity (Wildman–Crippen MR) is 154 cm³/mol. The first kappa shape index (κ1) is 29.9. The Labute approximate surface area is 225 Å². The van der Waals surface area contributed by atoms with E-state index in [1.165, 1.54) is 17.3 Å². The third kappa shape index (κ3) is 7.60. The first-order chi connectivity index (χ1) is 17.3. The van der Waals surface area contributed by atoms with Crippen molar-refractivity contribution in [2.45, 2.75) is 52.0 Å². The lowest BCUT2D eigenvalue weighted by molar-refractivity contribution is -0.110. The summed E-state index contributed by atoms with van der Waals surface area (Å²) in [5.74, 6) is 0. The number of carbonyl (C=O) groups excluding carboxylic acids is 1. The molecule has 0 saturated heterocycles. The van der Waals surface area contributed by atoms with Crippen LogP contribution in [0.4, 0.5) is 0 Å². The quantitative estimate of drug-likeness (QED) is 0.412. The number of rotatable bonds is 6. The van der Waals surface area contributed by atoms with Crippen LogP contribution in [0.5, 0.6) is 0 Å². The largest absolute Gasteiger partial charge is 0.404 e. The molecule has 0 aromatic heterocycles. The topological polar surface area (TPSA) is 115 Å². The van der Waals surface area contributed by atoms with Crippen LogP contribution in [0.15, 0.2) is 53.4 Å². The van der Waals surface area contributed by atoms with Crippen LogP contribution >= 0.6 is 11.6 Å². The van der Waals surface area contributed by atoms with Crippen LogP contribution < -0.4 is 27.2 Å². The van der Waals surface area contributed by atoms with Gasteiger partial charge in [0.05, 0.1) is 9.92 Å². The average Bonchev–Trinajstić information content (AvgIpc) is 2.85. The lowest BCUT2D eigenvalue weighted by atomic mass is 9.96. The maximum Gasteiger partial charge on any atom is 0.207 e. The zero-order valence-corrected chi connectivity index (χ0v) is 23.8. The zero-order chi connectivity index (χ0) is 27.9. The fourth-order valence-electron chi connectivity index (χ4n) is 3.77. The van der Waals surface area contributed by atoms with Crippen LogP contribution in [0.2, 0.25) is 5.02 Å². The molecular formula is C29H36ClN3O3S. The fourth-order valence-corrected chi connectivity index (χ4v) is 5.16. The third-order valence-electron chi connectivity index (χ3n) is 6.16. The molecule has 0 aliphatic heterocycles. The highest BCUT2D eigenvalue weighted by atomic mass is 35.5. The number of nitrogens with two attached hydrogens (primary N) is 2. The van der Waals surface area contributed by atoms with Gasteiger partial charge in [-0.15, -0.1) is 0 Å². The minimum Gasteiger partial charge on any atom is -0.404 e. The maximum atomic E-state index is 11.9. The van der Waals surface area contributed by atoms with Crippen molar-refractivity contribution in [3.05, 3.63) is 86.2 Å². The molecular weight excluding hydrogens is 506 g/mol. The molecule has 0 spiro atoms. The highest BCUT2D eigenvalue weighted by molar-refractivity contribution is 7.90. The van der Waals surface area contributed by atoms with Crippen molar-refractivity contribution < 1.29 is 13.2 Å². The van der Waals surface area contributed by atoms with E-state index in [0.29, 0.717) is 17.3 Å². The van der Waals surface area contributed by atoms with E-state index in [1.54, 1.807) is 12.1 Å². The van der Waals surface area contributed by atoms with Gasteiger partial charge in [-0.3, -0.25) is 4.79 Å². The summed E-state index contributed by atoms with van der Waals surface area (Å²) in [6.45, 7) is 9.94. The molecule has 0 radical (unpaired) electrons. The Morgan fingerprint density at radius 3 is 2.27 bits per heavy atom. The van der Waals surface area contributed by atoms with Crippen LogP contribution in [0.1, 0.15) is 42.5 Å². The molecule has 6 nitrogen and oxygen atoms in total. The Balaban J connectivity index is 0.000000604. The summed E-state index contributed by atoms with van der Waals surface area (Å²) in [7, 11) is -3.43. The van der Waals surface area contributed by atoms with Crippen molar-refractivity contribution in [1.29, 1.82) is 0 Å². The van der Waals surface area contributed by atoms with Crippen molar-refractivity contribution >= 4 is 39.7 Å². The van der Waals surface area contributed by atoms with Crippen LogP contribution in [0.25, 0.3) is 23.0 Å². The molecule has 37 heavy (non-hydrogen) atoms. The third-order valence-corrected chi connectivity index (χ3v) is 7.72. The Kier molecular flexibility index (Phi) is 10.3. The van der Waals surface area contributed by atoms with Gasteiger partial charge >= 0.3 is 0 Å². The Morgan fingerprint density at radius 1 is 1.05 bits per heavy atom. The minimum atomic E-state index is -3.43. The summed E-state index contributed by atoms with van der Waals surface area (Å²) in [5, 5.41) is 4.31. The molecule has 8 heteroatoms. The summed E-state index contributed by atoms with van der Waals surface area (Å²) in [5.41, 5.74) is 18.9. The van der Waals surface area contributed by atoms with Crippen LogP contribution in [0.3, 0.4) is 0 Å². The molecule has 1 amide bonds. The van der Waals surface area contributed by atoms with Gasteiger partial charge in [0.25, 0.3) is 0 Å². The lowest BCUT2D eigenvalue weighted by Gasteiger charge is -2.12. The normalized spacial score (nSPS) is 13.3. The molecule has 0 aliphatic carbocycles. The first-order valence-electron chi connectivity index (χ1n) is 11.9. The number of sulfone groups is 1. The molecule has 0 fully saturated rings. The van der Waals surface area contributed by atoms with E-state index in [-0.39, 0.29) is 9.92 Å². The van der Waals surface area contributed by atoms with Gasteiger partial charge in [-0.25, -0.2) is 8.42 Å². The summed E-state index contributed by atoms with van der Waals surface area (Å²) in [4.78, 5) is 9.75. The number of aryl methyl sites for hydroxylation is 3. The lowest BCUT2D eigenvalue weighted by Crippen LogP contribution is -2.31. The number of amides is 1. The van der Waals surface area contributed by atoms with Crippen LogP contribution in [0, 0.1) is 20.8 Å². The highest BCUT2D eigenvalue weighted by Gasteiger charge is 2.16. The second kappa shape index (κ2) is 12.8. The van der Waals surface area contributed by atoms with E-state index in [4.69, 9.17) is 23.1 Å². The van der Waals surface area contributed by atoms with Gasteiger partial charge in [0.2, 0.25) is 6.41 Å². The summed E-state index contributed by atoms with van der Waals surface area (Å²) in [6.07, 6.45) is 4.39. The van der Waals surface area contributed by atoms with Crippen molar-refractivity contribution in [2.24, 2.45) is 11.5 Å². The van der Waals surface area contributed by atoms with Gasteiger partial charge < -0.3 is 16.8 Å². The van der Waals surface area contributed by atoms with Crippen molar-refractivity contribution in [2.75, 3.05) is 6.26 Å². The maximum absolute atomic E-state index is 11.9. The predicted octanol–water partition coefficient (Wildman–Crippen LogP) is 3.68. The molecule has 0 saturated carbocycles. The molecule has 0 aliphatic rings. The number of benzene rings is 3. The number of hydrogen-bond donors (Lipinski definition) is 3. The molecule has 5 N–H and O–H groups in total. The van der Waals surface area contributed by atoms with Gasteiger partial charge in [0.15, 0.2) is 9.84 Å². The van der Waals surface area contributed by atoms with Crippen LogP contribution in [-0.2, 0) is 14.6 Å². The van der Waals surface area contributed by atoms with Gasteiger partial charge in [0.1, 0.15) is 0 Å². The second-order valence-electron chi connectivity index (χ2n) is 9.16. The van der Waals surface area contributed by atoms with E-state index in [0.717, 1.165) is 46.2 Å². The molecule has 0 bridgehead atoms. The van der Waals surface area contributed by atoms with Crippen molar-refractivity contribution in [3.63, 3.8) is 0 Å². The zero-order valence-electron chi connectivity index (χ0n) is 22.2. The van der Waals surface area contributed by atoms with E-state index in [2.05, 4.69) is 37.4 Å². The van der Waals surface area contributed by atoms with E-state index >= 15 is 0 Å². The number of nitrogens with one attached hydrogen (secondary N) is 1. The fraction of sp³-hybridized carbons (Fsp3) is 0.276. The van der Waals surface area contributed by atoms with Gasteiger partial charge in [-0.1, -0.05) is 54.4 Å². The van der Waals surface area contributed by atoms with E-state index in [1.807, 2.05) is 39.0 Å². The van der Waals surface area contributed by atoms with E-state index < -0.39 is 9.84 Å². The van der Waals surface area contributed by atoms with Crippen molar-refractivity contribution in [3.8, 4) is 11.1 Å². The molecule has 0 heterocycles. The number of halogens is 1. The van der Waals surface area contributed by atoms with Crippen LogP contribution in [-0.4, -0.2) is 27.1 Å². The number of hydrogen-bond acceptors (Lipinski definition) is 5. The monoisotopic (exact) mass is 541 g/mol. The molecule has 198 valence electrons.